The summed E-state index contributed by atoms with van der Waals surface area (Å²) in [7, 11) is 1.32. The zero-order valence-electron chi connectivity index (χ0n) is 14.2. The molecule has 0 radical (unpaired) electrons. The average molecular weight is 428 g/mol. The molecule has 0 saturated heterocycles. The number of aromatic nitrogens is 3. The number of hydrogen-bond donors (Lipinski definition) is 1. The van der Waals surface area contributed by atoms with Gasteiger partial charge in [0.2, 0.25) is 10.6 Å². The molecule has 154 valence electrons. The van der Waals surface area contributed by atoms with E-state index in [0.717, 1.165) is 4.68 Å². The fourth-order valence-electron chi connectivity index (χ4n) is 2.03. The second kappa shape index (κ2) is 9.19. The Morgan fingerprint density at radius 1 is 1.32 bits per heavy atom. The van der Waals surface area contributed by atoms with E-state index in [4.69, 9.17) is 17.0 Å². The molecule has 0 aliphatic heterocycles. The summed E-state index contributed by atoms with van der Waals surface area (Å²) < 4.78 is 86.2. The molecule has 0 amide bonds. The molecule has 1 heterocycles. The third kappa shape index (κ3) is 5.32. The molecule has 2 aromatic rings. The molecule has 28 heavy (non-hydrogen) atoms. The van der Waals surface area contributed by atoms with E-state index in [1.54, 1.807) is 0 Å². The summed E-state index contributed by atoms with van der Waals surface area (Å²) in [4.78, 5) is 0. The maximum Gasteiger partial charge on any atom is 0.330 e. The zero-order valence-corrected chi connectivity index (χ0v) is 15.0. The molecule has 1 aromatic heterocycles. The summed E-state index contributed by atoms with van der Waals surface area (Å²) >= 11 is 4.81. The lowest BCUT2D eigenvalue weighted by Crippen LogP contribution is -2.32. The third-order valence-electron chi connectivity index (χ3n) is 3.37. The van der Waals surface area contributed by atoms with Gasteiger partial charge in [-0.2, -0.15) is 23.7 Å². The number of benzene rings is 1. The number of ether oxygens (including phenoxy) is 2. The van der Waals surface area contributed by atoms with Crippen LogP contribution in [-0.4, -0.2) is 47.2 Å². The van der Waals surface area contributed by atoms with Crippen LogP contribution in [0.2, 0.25) is 0 Å². The molecule has 0 aliphatic rings. The fraction of sp³-hybridized carbons (Fsp3) is 0.400. The number of halogens is 6. The maximum atomic E-state index is 12.9. The van der Waals surface area contributed by atoms with Gasteiger partial charge in [0.1, 0.15) is 12.4 Å². The summed E-state index contributed by atoms with van der Waals surface area (Å²) in [5.41, 5.74) is 0.629. The molecule has 0 unspecified atom stereocenters. The van der Waals surface area contributed by atoms with E-state index in [9.17, 15) is 26.3 Å². The Morgan fingerprint density at radius 3 is 2.64 bits per heavy atom. The first-order valence-electron chi connectivity index (χ1n) is 7.56. The highest BCUT2D eigenvalue weighted by Crippen LogP contribution is 2.25. The Balaban J connectivity index is 2.18. The highest BCUT2D eigenvalue weighted by molar-refractivity contribution is 7.71. The Hall–Kier alpha value is -2.41. The first-order valence-corrected chi connectivity index (χ1v) is 7.97. The van der Waals surface area contributed by atoms with Crippen molar-refractivity contribution >= 4 is 18.4 Å². The first kappa shape index (κ1) is 21.9. The Kier molecular flexibility index (Phi) is 7.18. The topological polar surface area (TPSA) is 64.4 Å². The predicted molar refractivity (Wildman–Crippen MR) is 89.0 cm³/mol. The summed E-state index contributed by atoms with van der Waals surface area (Å²) in [6, 6.07) is 4.37. The normalized spacial score (nSPS) is 12.5. The van der Waals surface area contributed by atoms with Gasteiger partial charge in [-0.3, -0.25) is 0 Å². The highest BCUT2D eigenvalue weighted by atomic mass is 32.1. The monoisotopic (exact) mass is 428 g/mol. The highest BCUT2D eigenvalue weighted by Gasteiger charge is 2.41. The van der Waals surface area contributed by atoms with Gasteiger partial charge in [-0.1, -0.05) is 0 Å². The van der Waals surface area contributed by atoms with Gasteiger partial charge in [0.05, 0.1) is 19.9 Å². The SMILES string of the molecule is COc1ccc(C=Nn2c(C(F)F)n[nH]c2=S)cc1COCC(F)(F)C(F)F. The van der Waals surface area contributed by atoms with E-state index in [0.29, 0.717) is 5.56 Å². The molecule has 6 nitrogen and oxygen atoms in total. The van der Waals surface area contributed by atoms with Gasteiger partial charge < -0.3 is 9.47 Å². The largest absolute Gasteiger partial charge is 0.496 e. The minimum Gasteiger partial charge on any atom is -0.496 e. The van der Waals surface area contributed by atoms with E-state index >= 15 is 0 Å². The summed E-state index contributed by atoms with van der Waals surface area (Å²) in [5, 5.41) is 9.35. The van der Waals surface area contributed by atoms with Crippen LogP contribution in [0.3, 0.4) is 0 Å². The van der Waals surface area contributed by atoms with Gasteiger partial charge in [-0.05, 0) is 36.0 Å². The number of alkyl halides is 6. The number of nitrogens with one attached hydrogen (secondary N) is 1. The number of hydrogen-bond acceptors (Lipinski definition) is 5. The molecule has 1 N–H and O–H groups in total. The average Bonchev–Trinajstić information content (AvgIpc) is 3.00. The van der Waals surface area contributed by atoms with Crippen molar-refractivity contribution in [2.75, 3.05) is 13.7 Å². The molecule has 0 aliphatic carbocycles. The lowest BCUT2D eigenvalue weighted by atomic mass is 10.1. The second-order valence-electron chi connectivity index (χ2n) is 5.37. The van der Waals surface area contributed by atoms with Crippen molar-refractivity contribution in [1.82, 2.24) is 14.9 Å². The molecule has 0 spiro atoms. The van der Waals surface area contributed by atoms with Crippen molar-refractivity contribution in [3.63, 3.8) is 0 Å². The minimum atomic E-state index is -4.28. The molecule has 2 rings (SSSR count). The number of nitrogens with zero attached hydrogens (tertiary/aromatic N) is 3. The van der Waals surface area contributed by atoms with Crippen molar-refractivity contribution in [3.05, 3.63) is 39.9 Å². The summed E-state index contributed by atoms with van der Waals surface area (Å²) in [5.74, 6) is -4.71. The van der Waals surface area contributed by atoms with Crippen LogP contribution in [-0.2, 0) is 11.3 Å². The smallest absolute Gasteiger partial charge is 0.330 e. The van der Waals surface area contributed by atoms with Gasteiger partial charge in [0.25, 0.3) is 6.43 Å². The first-order chi connectivity index (χ1) is 13.2. The van der Waals surface area contributed by atoms with Crippen LogP contribution in [0.4, 0.5) is 26.3 Å². The van der Waals surface area contributed by atoms with Crippen molar-refractivity contribution in [1.29, 1.82) is 0 Å². The van der Waals surface area contributed by atoms with Gasteiger partial charge >= 0.3 is 12.3 Å². The van der Waals surface area contributed by atoms with E-state index in [1.165, 1.54) is 31.5 Å². The fourth-order valence-corrected chi connectivity index (χ4v) is 2.22. The molecule has 0 saturated carbocycles. The van der Waals surface area contributed by atoms with Crippen LogP contribution in [0.15, 0.2) is 23.3 Å². The summed E-state index contributed by atoms with van der Waals surface area (Å²) in [6.45, 7) is -1.92. The minimum absolute atomic E-state index is 0.155. The zero-order chi connectivity index (χ0) is 20.9. The molecule has 13 heteroatoms. The van der Waals surface area contributed by atoms with Crippen molar-refractivity contribution in [2.45, 2.75) is 25.4 Å². The lowest BCUT2D eigenvalue weighted by molar-refractivity contribution is -0.168. The van der Waals surface area contributed by atoms with Crippen LogP contribution >= 0.6 is 12.2 Å². The van der Waals surface area contributed by atoms with Crippen LogP contribution in [0.25, 0.3) is 0 Å². The Bertz CT molecular complexity index is 884. The lowest BCUT2D eigenvalue weighted by Gasteiger charge is -2.16. The Morgan fingerprint density at radius 2 is 2.04 bits per heavy atom. The molecular formula is C15H14F6N4O2S. The third-order valence-corrected chi connectivity index (χ3v) is 3.63. The Labute approximate surface area is 159 Å². The van der Waals surface area contributed by atoms with Crippen molar-refractivity contribution in [3.8, 4) is 5.75 Å². The number of aromatic amines is 1. The second-order valence-corrected chi connectivity index (χ2v) is 5.76. The van der Waals surface area contributed by atoms with Crippen LogP contribution in [0.1, 0.15) is 23.4 Å². The van der Waals surface area contributed by atoms with E-state index in [2.05, 4.69) is 20.0 Å². The molecule has 1 aromatic carbocycles. The van der Waals surface area contributed by atoms with Crippen LogP contribution in [0, 0.1) is 4.77 Å². The quantitative estimate of drug-likeness (QED) is 0.370. The van der Waals surface area contributed by atoms with Crippen molar-refractivity contribution in [2.24, 2.45) is 5.10 Å². The number of rotatable bonds is 9. The predicted octanol–water partition coefficient (Wildman–Crippen LogP) is 4.19. The maximum absolute atomic E-state index is 12.9. The molecule has 0 bridgehead atoms. The van der Waals surface area contributed by atoms with Crippen LogP contribution < -0.4 is 4.74 Å². The van der Waals surface area contributed by atoms with E-state index in [1.807, 2.05) is 0 Å². The molecular weight excluding hydrogens is 414 g/mol. The van der Waals surface area contributed by atoms with Gasteiger partial charge in [0.15, 0.2) is 0 Å². The van der Waals surface area contributed by atoms with Crippen LogP contribution in [0.5, 0.6) is 5.75 Å². The van der Waals surface area contributed by atoms with E-state index < -0.39 is 37.8 Å². The molecule has 0 fully saturated rings. The van der Waals surface area contributed by atoms with Crippen molar-refractivity contribution < 1.29 is 35.8 Å². The van der Waals surface area contributed by atoms with Gasteiger partial charge in [-0.25, -0.2) is 22.7 Å². The standard InChI is InChI=1S/C15H14F6N4O2S/c1-26-10-3-2-8(4-9(10)6-27-7-15(20,21)13(18)19)5-22-25-12(11(16)17)23-24-14(25)28/h2-5,11,13H,6-7H2,1H3,(H,24,28). The van der Waals surface area contributed by atoms with Gasteiger partial charge in [-0.15, -0.1) is 0 Å². The van der Waals surface area contributed by atoms with Gasteiger partial charge in [0, 0.05) is 5.56 Å². The number of H-pyrrole nitrogens is 1. The summed E-state index contributed by atoms with van der Waals surface area (Å²) in [6.07, 6.45) is -5.59. The number of methoxy groups -OCH3 is 1. The van der Waals surface area contributed by atoms with E-state index in [-0.39, 0.29) is 16.1 Å². The molecule has 0 atom stereocenters.